The maximum Gasteiger partial charge on any atom is 0.238 e. The lowest BCUT2D eigenvalue weighted by molar-refractivity contribution is 0.953. The van der Waals surface area contributed by atoms with E-state index in [9.17, 15) is 0 Å². The number of rotatable bonds is 13. The average Bonchev–Trinajstić information content (AvgIpc) is 1.58. The molecular formula is C112H73N11S. The van der Waals surface area contributed by atoms with Crippen molar-refractivity contribution in [2.24, 2.45) is 0 Å². The van der Waals surface area contributed by atoms with Gasteiger partial charge in [-0.2, -0.15) is 9.97 Å². The van der Waals surface area contributed by atoms with Crippen molar-refractivity contribution in [1.29, 1.82) is 0 Å². The fraction of sp³-hybridized carbons (Fsp3) is 0. The van der Waals surface area contributed by atoms with Crippen molar-refractivity contribution in [1.82, 2.24) is 53.6 Å². The Morgan fingerprint density at radius 2 is 0.452 bits per heavy atom. The SMILES string of the molecule is c1ccc(-c2ccc3c(c2)c2ccc(-c4ccccc4)cc2n3-c2nc(-c3ccccc3)nc(-c3ccccc3)n2)cc1.c1ccc(-c2ccc3c(c2)c2ccccc2n3-c2nc(-c3ccccc3)cc(-c3ccccc3)n2)cc1.c1ccc(-c2nc(-c3ccccc3)nc(-c3ccc(-n4c5ccccc5c5cc6c(cc54)sc4ccccc46)cc3)n2)cc1. The molecule has 0 atom stereocenters. The van der Waals surface area contributed by atoms with Crippen molar-refractivity contribution in [3.05, 3.63) is 443 Å². The molecule has 582 valence electrons. The van der Waals surface area contributed by atoms with Gasteiger partial charge in [0.25, 0.3) is 0 Å². The van der Waals surface area contributed by atoms with Gasteiger partial charge in [0.2, 0.25) is 11.9 Å². The zero-order valence-electron chi connectivity index (χ0n) is 67.0. The second kappa shape index (κ2) is 32.3. The lowest BCUT2D eigenvalue weighted by atomic mass is 10.0. The van der Waals surface area contributed by atoms with Crippen LogP contribution in [0.15, 0.2) is 443 Å². The van der Waals surface area contributed by atoms with Crippen molar-refractivity contribution in [3.63, 3.8) is 0 Å². The summed E-state index contributed by atoms with van der Waals surface area (Å²) in [6.45, 7) is 0. The number of benzene rings is 17. The molecule has 0 amide bonds. The molecule has 0 spiro atoms. The first-order valence-electron chi connectivity index (χ1n) is 41.4. The van der Waals surface area contributed by atoms with E-state index in [1.54, 1.807) is 0 Å². The molecular weight excluding hydrogens is 1530 g/mol. The maximum absolute atomic E-state index is 5.10. The van der Waals surface area contributed by atoms with Gasteiger partial charge < -0.3 is 4.57 Å². The second-order valence-electron chi connectivity index (χ2n) is 30.6. The second-order valence-corrected chi connectivity index (χ2v) is 31.7. The van der Waals surface area contributed by atoms with Crippen molar-refractivity contribution in [3.8, 4) is 130 Å². The molecule has 0 N–H and O–H groups in total. The molecule has 11 nitrogen and oxygen atoms in total. The van der Waals surface area contributed by atoms with E-state index in [4.69, 9.17) is 39.9 Å². The van der Waals surface area contributed by atoms with Gasteiger partial charge in [-0.15, -0.1) is 11.3 Å². The normalized spacial score (nSPS) is 11.4. The van der Waals surface area contributed by atoms with Gasteiger partial charge in [0, 0.05) is 97.1 Å². The molecule has 0 fully saturated rings. The quantitative estimate of drug-likeness (QED) is 0.112. The van der Waals surface area contributed by atoms with Crippen LogP contribution in [-0.2, 0) is 0 Å². The van der Waals surface area contributed by atoms with Crippen LogP contribution >= 0.6 is 11.3 Å². The minimum absolute atomic E-state index is 0.588. The summed E-state index contributed by atoms with van der Waals surface area (Å²) < 4.78 is 9.37. The molecule has 7 heterocycles. The summed E-state index contributed by atoms with van der Waals surface area (Å²) in [4.78, 5) is 40.0. The molecule has 0 unspecified atom stereocenters. The van der Waals surface area contributed by atoms with E-state index in [0.717, 1.165) is 100.0 Å². The molecule has 0 saturated carbocycles. The zero-order chi connectivity index (χ0) is 82.2. The van der Waals surface area contributed by atoms with Crippen LogP contribution in [0.2, 0.25) is 0 Å². The van der Waals surface area contributed by atoms with Crippen LogP contribution in [0, 0.1) is 0 Å². The monoisotopic (exact) mass is 1600 g/mol. The summed E-state index contributed by atoms with van der Waals surface area (Å²) in [5.41, 5.74) is 23.5. The number of fused-ring (bicyclic) bond motifs is 12. The first-order chi connectivity index (χ1) is 61.5. The first kappa shape index (κ1) is 73.8. The van der Waals surface area contributed by atoms with Gasteiger partial charge >= 0.3 is 0 Å². The summed E-state index contributed by atoms with van der Waals surface area (Å²) in [5, 5.41) is 9.82. The Morgan fingerprint density at radius 1 is 0.153 bits per heavy atom. The smallest absolute Gasteiger partial charge is 0.238 e. The molecule has 7 aromatic heterocycles. The predicted molar refractivity (Wildman–Crippen MR) is 512 cm³/mol. The fourth-order valence-corrected chi connectivity index (χ4v) is 18.1. The van der Waals surface area contributed by atoms with E-state index in [1.165, 1.54) is 75.0 Å². The van der Waals surface area contributed by atoms with Gasteiger partial charge in [-0.3, -0.25) is 9.13 Å². The van der Waals surface area contributed by atoms with E-state index in [-0.39, 0.29) is 0 Å². The third-order valence-electron chi connectivity index (χ3n) is 23.0. The lowest BCUT2D eigenvalue weighted by Gasteiger charge is -2.12. The van der Waals surface area contributed by atoms with Crippen molar-refractivity contribution in [2.75, 3.05) is 0 Å². The molecule has 24 aromatic rings. The third-order valence-corrected chi connectivity index (χ3v) is 24.1. The number of aromatic nitrogens is 11. The van der Waals surface area contributed by atoms with E-state index >= 15 is 0 Å². The Bertz CT molecular complexity index is 7880. The minimum atomic E-state index is 0.588. The molecule has 0 bridgehead atoms. The van der Waals surface area contributed by atoms with Gasteiger partial charge in [0.05, 0.1) is 44.5 Å². The van der Waals surface area contributed by atoms with Crippen molar-refractivity contribution in [2.45, 2.75) is 0 Å². The van der Waals surface area contributed by atoms with Crippen LogP contribution < -0.4 is 0 Å². The summed E-state index contributed by atoms with van der Waals surface area (Å²) in [5.74, 6) is 4.50. The van der Waals surface area contributed by atoms with Crippen molar-refractivity contribution >= 4 is 96.9 Å². The number of nitrogens with zero attached hydrogens (tertiary/aromatic N) is 11. The van der Waals surface area contributed by atoms with E-state index in [0.29, 0.717) is 41.0 Å². The molecule has 124 heavy (non-hydrogen) atoms. The number of hydrogen-bond donors (Lipinski definition) is 0. The highest BCUT2D eigenvalue weighted by Crippen LogP contribution is 2.44. The highest BCUT2D eigenvalue weighted by atomic mass is 32.1. The summed E-state index contributed by atoms with van der Waals surface area (Å²) in [7, 11) is 0. The topological polar surface area (TPSA) is 118 Å². The van der Waals surface area contributed by atoms with Crippen LogP contribution in [0.5, 0.6) is 0 Å². The fourth-order valence-electron chi connectivity index (χ4n) is 17.0. The summed E-state index contributed by atoms with van der Waals surface area (Å²) in [6.07, 6.45) is 0. The van der Waals surface area contributed by atoms with Gasteiger partial charge in [-0.25, -0.2) is 29.9 Å². The van der Waals surface area contributed by atoms with Crippen LogP contribution in [0.25, 0.3) is 216 Å². The molecule has 0 radical (unpaired) electrons. The molecule has 17 aromatic carbocycles. The zero-order valence-corrected chi connectivity index (χ0v) is 67.8. The minimum Gasteiger partial charge on any atom is -0.309 e. The predicted octanol–water partition coefficient (Wildman–Crippen LogP) is 28.5. The van der Waals surface area contributed by atoms with Gasteiger partial charge in [0.1, 0.15) is 0 Å². The highest BCUT2D eigenvalue weighted by Gasteiger charge is 2.24. The molecule has 0 aliphatic rings. The van der Waals surface area contributed by atoms with Crippen molar-refractivity contribution < 1.29 is 0 Å². The Labute approximate surface area is 718 Å². The number of para-hydroxylation sites is 2. The molecule has 0 aliphatic heterocycles. The Balaban J connectivity index is 0.000000111. The molecule has 12 heteroatoms. The molecule has 0 aliphatic carbocycles. The van der Waals surface area contributed by atoms with Gasteiger partial charge in [-0.05, 0) is 124 Å². The number of thiophene rings is 1. The van der Waals surface area contributed by atoms with Gasteiger partial charge in [-0.1, -0.05) is 352 Å². The first-order valence-corrected chi connectivity index (χ1v) is 42.3. The van der Waals surface area contributed by atoms with E-state index < -0.39 is 0 Å². The summed E-state index contributed by atoms with van der Waals surface area (Å²) in [6, 6.07) is 154. The molecule has 0 saturated heterocycles. The Hall–Kier alpha value is -16.5. The number of hydrogen-bond acceptors (Lipinski definition) is 9. The Kier molecular flexibility index (Phi) is 19.2. The van der Waals surface area contributed by atoms with E-state index in [1.807, 2.05) is 175 Å². The van der Waals surface area contributed by atoms with Crippen LogP contribution in [0.3, 0.4) is 0 Å². The third kappa shape index (κ3) is 14.1. The summed E-state index contributed by atoms with van der Waals surface area (Å²) >= 11 is 1.85. The standard InChI is InChI=1S/C39H24N4S.C39H26N4.C34H23N3/c1-3-11-25(12-4-1)37-40-38(26-13-5-2-6-14-26)42-39(41-37)27-19-21-28(22-20-27)43-33-17-9-7-15-29(33)31-23-32-30-16-8-10-18-35(30)44-36(32)24-34(31)43;1-5-13-27(14-6-1)31-22-24-35-34(25-31)33-23-21-32(28-15-7-2-8-16-28)26-36(33)43(35)39-41-37(29-17-9-3-10-18-29)40-38(42-39)30-19-11-4-12-20-30;1-4-12-24(13-5-1)27-20-21-33-29(22-27)28-18-10-11-19-32(28)37(33)34-35-30(25-14-6-2-7-15-25)23-31(36-34)26-16-8-3-9-17-26/h1-24H;1-26H;1-23H. The van der Waals surface area contributed by atoms with Crippen LogP contribution in [0.4, 0.5) is 0 Å². The van der Waals surface area contributed by atoms with Gasteiger partial charge in [0.15, 0.2) is 29.1 Å². The molecule has 24 rings (SSSR count). The lowest BCUT2D eigenvalue weighted by Crippen LogP contribution is -2.06. The van der Waals surface area contributed by atoms with E-state index in [2.05, 4.69) is 293 Å². The Morgan fingerprint density at radius 3 is 0.895 bits per heavy atom. The van der Waals surface area contributed by atoms with Crippen LogP contribution in [-0.4, -0.2) is 53.6 Å². The largest absolute Gasteiger partial charge is 0.309 e. The average molecular weight is 1600 g/mol. The maximum atomic E-state index is 5.10. The highest BCUT2D eigenvalue weighted by molar-refractivity contribution is 7.25. The van der Waals surface area contributed by atoms with Crippen LogP contribution in [0.1, 0.15) is 0 Å².